The lowest BCUT2D eigenvalue weighted by Crippen LogP contribution is -2.09. The zero-order valence-electron chi connectivity index (χ0n) is 10.3. The fourth-order valence-corrected chi connectivity index (χ4v) is 2.79. The van der Waals surface area contributed by atoms with Crippen LogP contribution >= 0.6 is 15.9 Å². The quantitative estimate of drug-likeness (QED) is 0.822. The SMILES string of the molecule is CC(C)(C)CCC1CNc2c(Br)cccc21. The Morgan fingerprint density at radius 2 is 2.12 bits per heavy atom. The molecule has 1 atom stereocenters. The number of para-hydroxylation sites is 1. The average Bonchev–Trinajstić information content (AvgIpc) is 2.58. The maximum absolute atomic E-state index is 3.60. The molecular formula is C14H20BrN. The first-order chi connectivity index (χ1) is 7.47. The molecule has 0 fully saturated rings. The van der Waals surface area contributed by atoms with Crippen LogP contribution in [0.4, 0.5) is 5.69 Å². The van der Waals surface area contributed by atoms with Gasteiger partial charge in [0.15, 0.2) is 0 Å². The van der Waals surface area contributed by atoms with Gasteiger partial charge >= 0.3 is 0 Å². The Balaban J connectivity index is 2.09. The van der Waals surface area contributed by atoms with Gasteiger partial charge in [-0.1, -0.05) is 32.9 Å². The summed E-state index contributed by atoms with van der Waals surface area (Å²) in [7, 11) is 0. The predicted molar refractivity (Wildman–Crippen MR) is 74.1 cm³/mol. The highest BCUT2D eigenvalue weighted by molar-refractivity contribution is 9.10. The van der Waals surface area contributed by atoms with Gasteiger partial charge in [0.05, 0.1) is 5.69 Å². The van der Waals surface area contributed by atoms with Crippen LogP contribution in [0.5, 0.6) is 0 Å². The third kappa shape index (κ3) is 2.60. The van der Waals surface area contributed by atoms with Crippen LogP contribution in [0.15, 0.2) is 22.7 Å². The molecule has 0 aromatic heterocycles. The molecule has 1 aliphatic rings. The van der Waals surface area contributed by atoms with Crippen molar-refractivity contribution < 1.29 is 0 Å². The predicted octanol–water partition coefficient (Wildman–Crippen LogP) is 4.78. The standard InChI is InChI=1S/C14H20BrN/c1-14(2,3)8-7-10-9-16-13-11(10)5-4-6-12(13)15/h4-6,10,16H,7-9H2,1-3H3. The van der Waals surface area contributed by atoms with Gasteiger partial charge in [-0.15, -0.1) is 0 Å². The van der Waals surface area contributed by atoms with Gasteiger partial charge in [0.25, 0.3) is 0 Å². The summed E-state index contributed by atoms with van der Waals surface area (Å²) in [6.07, 6.45) is 2.56. The van der Waals surface area contributed by atoms with Gasteiger partial charge < -0.3 is 5.32 Å². The lowest BCUT2D eigenvalue weighted by Gasteiger charge is -2.20. The third-order valence-corrected chi connectivity index (χ3v) is 3.91. The van der Waals surface area contributed by atoms with Crippen molar-refractivity contribution in [2.45, 2.75) is 39.5 Å². The molecule has 0 aliphatic carbocycles. The number of nitrogens with one attached hydrogen (secondary N) is 1. The van der Waals surface area contributed by atoms with Crippen LogP contribution in [0.25, 0.3) is 0 Å². The summed E-state index contributed by atoms with van der Waals surface area (Å²) < 4.78 is 1.20. The first kappa shape index (κ1) is 12.0. The molecule has 0 saturated carbocycles. The van der Waals surface area contributed by atoms with Crippen molar-refractivity contribution in [3.05, 3.63) is 28.2 Å². The number of fused-ring (bicyclic) bond motifs is 1. The maximum Gasteiger partial charge on any atom is 0.0520 e. The van der Waals surface area contributed by atoms with E-state index in [1.807, 2.05) is 0 Å². The first-order valence-corrected chi connectivity index (χ1v) is 6.79. The van der Waals surface area contributed by atoms with E-state index in [2.05, 4.69) is 60.2 Å². The summed E-state index contributed by atoms with van der Waals surface area (Å²) in [4.78, 5) is 0. The fraction of sp³-hybridized carbons (Fsp3) is 0.571. The molecule has 1 aromatic carbocycles. The lowest BCUT2D eigenvalue weighted by molar-refractivity contribution is 0.352. The maximum atomic E-state index is 3.60. The molecule has 0 radical (unpaired) electrons. The van der Waals surface area contributed by atoms with Crippen LogP contribution in [0.1, 0.15) is 45.1 Å². The second-order valence-electron chi connectivity index (χ2n) is 5.88. The van der Waals surface area contributed by atoms with Gasteiger partial charge in [-0.05, 0) is 45.8 Å². The number of halogens is 1. The Morgan fingerprint density at radius 3 is 2.81 bits per heavy atom. The van der Waals surface area contributed by atoms with Crippen LogP contribution < -0.4 is 5.32 Å². The molecule has 1 nitrogen and oxygen atoms in total. The molecule has 1 unspecified atom stereocenters. The van der Waals surface area contributed by atoms with Crippen molar-refractivity contribution >= 4 is 21.6 Å². The van der Waals surface area contributed by atoms with Gasteiger partial charge in [0.1, 0.15) is 0 Å². The third-order valence-electron chi connectivity index (χ3n) is 3.25. The molecule has 2 rings (SSSR count). The summed E-state index contributed by atoms with van der Waals surface area (Å²) in [5.41, 5.74) is 3.23. The van der Waals surface area contributed by atoms with Gasteiger partial charge in [-0.2, -0.15) is 0 Å². The van der Waals surface area contributed by atoms with E-state index in [1.165, 1.54) is 28.6 Å². The minimum Gasteiger partial charge on any atom is -0.383 e. The zero-order chi connectivity index (χ0) is 11.8. The van der Waals surface area contributed by atoms with Crippen molar-refractivity contribution in [3.8, 4) is 0 Å². The summed E-state index contributed by atoms with van der Waals surface area (Å²) in [6, 6.07) is 6.51. The second-order valence-corrected chi connectivity index (χ2v) is 6.74. The molecule has 1 heterocycles. The molecule has 0 saturated heterocycles. The molecule has 0 amide bonds. The van der Waals surface area contributed by atoms with Gasteiger partial charge in [0.2, 0.25) is 0 Å². The van der Waals surface area contributed by atoms with E-state index in [0.717, 1.165) is 6.54 Å². The number of benzene rings is 1. The Bertz CT molecular complexity index is 379. The minimum absolute atomic E-state index is 0.439. The smallest absolute Gasteiger partial charge is 0.0520 e. The fourth-order valence-electron chi connectivity index (χ4n) is 2.27. The van der Waals surface area contributed by atoms with E-state index in [-0.39, 0.29) is 0 Å². The molecule has 1 N–H and O–H groups in total. The van der Waals surface area contributed by atoms with Crippen LogP contribution in [0, 0.1) is 5.41 Å². The Labute approximate surface area is 107 Å². The highest BCUT2D eigenvalue weighted by Crippen LogP contribution is 2.40. The van der Waals surface area contributed by atoms with Crippen molar-refractivity contribution in [1.29, 1.82) is 0 Å². The molecule has 1 aromatic rings. The van der Waals surface area contributed by atoms with E-state index in [9.17, 15) is 0 Å². The van der Waals surface area contributed by atoms with E-state index in [0.29, 0.717) is 11.3 Å². The van der Waals surface area contributed by atoms with E-state index in [1.54, 1.807) is 0 Å². The highest BCUT2D eigenvalue weighted by atomic mass is 79.9. The molecule has 16 heavy (non-hydrogen) atoms. The van der Waals surface area contributed by atoms with E-state index < -0.39 is 0 Å². The van der Waals surface area contributed by atoms with Gasteiger partial charge in [-0.3, -0.25) is 0 Å². The number of anilines is 1. The topological polar surface area (TPSA) is 12.0 Å². The van der Waals surface area contributed by atoms with Crippen molar-refractivity contribution in [2.24, 2.45) is 5.41 Å². The Kier molecular flexibility index (Phi) is 3.29. The van der Waals surface area contributed by atoms with Crippen LogP contribution in [-0.2, 0) is 0 Å². The van der Waals surface area contributed by atoms with Gasteiger partial charge in [-0.25, -0.2) is 0 Å². The van der Waals surface area contributed by atoms with Crippen LogP contribution in [-0.4, -0.2) is 6.54 Å². The molecule has 2 heteroatoms. The van der Waals surface area contributed by atoms with E-state index >= 15 is 0 Å². The molecule has 88 valence electrons. The van der Waals surface area contributed by atoms with Crippen molar-refractivity contribution in [3.63, 3.8) is 0 Å². The monoisotopic (exact) mass is 281 g/mol. The summed E-state index contributed by atoms with van der Waals surface area (Å²) >= 11 is 3.60. The van der Waals surface area contributed by atoms with Gasteiger partial charge in [0, 0.05) is 16.9 Å². The largest absolute Gasteiger partial charge is 0.383 e. The van der Waals surface area contributed by atoms with E-state index in [4.69, 9.17) is 0 Å². The second kappa shape index (κ2) is 4.40. The molecule has 1 aliphatic heterocycles. The molecular weight excluding hydrogens is 262 g/mol. The highest BCUT2D eigenvalue weighted by Gasteiger charge is 2.24. The zero-order valence-corrected chi connectivity index (χ0v) is 11.9. The summed E-state index contributed by atoms with van der Waals surface area (Å²) in [5.74, 6) is 0.687. The number of rotatable bonds is 2. The van der Waals surface area contributed by atoms with Crippen LogP contribution in [0.3, 0.4) is 0 Å². The van der Waals surface area contributed by atoms with Crippen molar-refractivity contribution in [2.75, 3.05) is 11.9 Å². The molecule has 0 spiro atoms. The Morgan fingerprint density at radius 1 is 1.38 bits per heavy atom. The molecule has 0 bridgehead atoms. The summed E-state index contributed by atoms with van der Waals surface area (Å²) in [6.45, 7) is 8.04. The number of hydrogen-bond donors (Lipinski definition) is 1. The Hall–Kier alpha value is -0.500. The first-order valence-electron chi connectivity index (χ1n) is 6.00. The lowest BCUT2D eigenvalue weighted by atomic mass is 9.85. The average molecular weight is 282 g/mol. The van der Waals surface area contributed by atoms with Crippen LogP contribution in [0.2, 0.25) is 0 Å². The van der Waals surface area contributed by atoms with Crippen molar-refractivity contribution in [1.82, 2.24) is 0 Å². The normalized spacial score (nSPS) is 19.4. The minimum atomic E-state index is 0.439. The summed E-state index contributed by atoms with van der Waals surface area (Å²) in [5, 5.41) is 3.51. The number of hydrogen-bond acceptors (Lipinski definition) is 1.